The largest absolute Gasteiger partial charge is 0.374 e. The van der Waals surface area contributed by atoms with Gasteiger partial charge in [0, 0.05) is 11.1 Å². The minimum Gasteiger partial charge on any atom is -0.374 e. The molecule has 1 aliphatic rings. The molecule has 1 aromatic rings. The Morgan fingerprint density at radius 3 is 3.15 bits per heavy atom. The third-order valence-electron chi connectivity index (χ3n) is 2.53. The summed E-state index contributed by atoms with van der Waals surface area (Å²) >= 11 is 3.59. The summed E-state index contributed by atoms with van der Waals surface area (Å²) in [6.07, 6.45) is 2.50. The van der Waals surface area contributed by atoms with Gasteiger partial charge in [0.05, 0.1) is 6.10 Å². The number of fused-ring (bicyclic) bond motifs is 1. The van der Waals surface area contributed by atoms with E-state index in [-0.39, 0.29) is 6.10 Å². The Labute approximate surface area is 87.2 Å². The molecule has 70 valence electrons. The number of hydrogen-bond acceptors (Lipinski definition) is 1. The van der Waals surface area contributed by atoms with Gasteiger partial charge in [-0.1, -0.05) is 28.1 Å². The lowest BCUT2D eigenvalue weighted by Gasteiger charge is -2.13. The van der Waals surface area contributed by atoms with Gasteiger partial charge in [-0.25, -0.2) is 0 Å². The highest BCUT2D eigenvalue weighted by molar-refractivity contribution is 9.10. The monoisotopic (exact) mass is 240 g/mol. The normalized spacial score (nSPS) is 22.2. The van der Waals surface area contributed by atoms with Crippen LogP contribution in [0.4, 0.5) is 0 Å². The SMILES string of the molecule is CC1OCCCc2c(Br)cccc21. The summed E-state index contributed by atoms with van der Waals surface area (Å²) in [5, 5.41) is 0. The molecule has 0 fully saturated rings. The van der Waals surface area contributed by atoms with E-state index in [1.165, 1.54) is 15.6 Å². The van der Waals surface area contributed by atoms with Crippen LogP contribution in [0.25, 0.3) is 0 Å². The van der Waals surface area contributed by atoms with Gasteiger partial charge in [-0.05, 0) is 37.0 Å². The first-order valence-electron chi connectivity index (χ1n) is 4.68. The molecule has 1 unspecified atom stereocenters. The summed E-state index contributed by atoms with van der Waals surface area (Å²) in [6.45, 7) is 3.00. The zero-order chi connectivity index (χ0) is 9.26. The predicted octanol–water partition coefficient (Wildman–Crippen LogP) is 3.47. The van der Waals surface area contributed by atoms with Gasteiger partial charge < -0.3 is 4.74 Å². The van der Waals surface area contributed by atoms with Crippen molar-refractivity contribution in [1.29, 1.82) is 0 Å². The Morgan fingerprint density at radius 1 is 1.46 bits per heavy atom. The molecule has 0 amide bonds. The highest BCUT2D eigenvalue weighted by Crippen LogP contribution is 2.30. The molecule has 13 heavy (non-hydrogen) atoms. The third-order valence-corrected chi connectivity index (χ3v) is 3.27. The molecule has 2 rings (SSSR count). The predicted molar refractivity (Wildman–Crippen MR) is 56.8 cm³/mol. The van der Waals surface area contributed by atoms with Gasteiger partial charge in [-0.2, -0.15) is 0 Å². The summed E-state index contributed by atoms with van der Waals surface area (Å²) < 4.78 is 6.89. The van der Waals surface area contributed by atoms with Gasteiger partial charge in [0.15, 0.2) is 0 Å². The van der Waals surface area contributed by atoms with Crippen molar-refractivity contribution in [2.24, 2.45) is 0 Å². The van der Waals surface area contributed by atoms with E-state index in [2.05, 4.69) is 41.1 Å². The molecule has 0 radical (unpaired) electrons. The van der Waals surface area contributed by atoms with Crippen LogP contribution in [0.1, 0.15) is 30.6 Å². The summed E-state index contributed by atoms with van der Waals surface area (Å²) in [5.74, 6) is 0. The molecule has 0 bridgehead atoms. The van der Waals surface area contributed by atoms with Crippen LogP contribution in [0, 0.1) is 0 Å². The van der Waals surface area contributed by atoms with Gasteiger partial charge >= 0.3 is 0 Å². The maximum absolute atomic E-state index is 5.66. The van der Waals surface area contributed by atoms with Gasteiger partial charge in [-0.15, -0.1) is 0 Å². The van der Waals surface area contributed by atoms with Crippen molar-refractivity contribution in [2.45, 2.75) is 25.9 Å². The van der Waals surface area contributed by atoms with Crippen LogP contribution < -0.4 is 0 Å². The van der Waals surface area contributed by atoms with Gasteiger partial charge in [0.1, 0.15) is 0 Å². The molecular weight excluding hydrogens is 228 g/mol. The molecule has 0 aromatic heterocycles. The topological polar surface area (TPSA) is 9.23 Å². The first kappa shape index (κ1) is 9.22. The molecule has 0 N–H and O–H groups in total. The second kappa shape index (κ2) is 3.81. The molecule has 1 atom stereocenters. The highest BCUT2D eigenvalue weighted by atomic mass is 79.9. The third kappa shape index (κ3) is 1.79. The van der Waals surface area contributed by atoms with Crippen molar-refractivity contribution in [3.8, 4) is 0 Å². The molecular formula is C11H13BrO. The number of halogens is 1. The van der Waals surface area contributed by atoms with Crippen molar-refractivity contribution in [3.63, 3.8) is 0 Å². The van der Waals surface area contributed by atoms with Crippen LogP contribution in [-0.2, 0) is 11.2 Å². The molecule has 1 aromatic carbocycles. The Kier molecular flexibility index (Phi) is 2.70. The van der Waals surface area contributed by atoms with Crippen molar-refractivity contribution >= 4 is 15.9 Å². The van der Waals surface area contributed by atoms with Crippen LogP contribution in [0.15, 0.2) is 22.7 Å². The van der Waals surface area contributed by atoms with E-state index in [1.54, 1.807) is 0 Å². The summed E-state index contributed by atoms with van der Waals surface area (Å²) in [5.41, 5.74) is 2.76. The minimum absolute atomic E-state index is 0.245. The fourth-order valence-corrected chi connectivity index (χ4v) is 2.40. The van der Waals surface area contributed by atoms with E-state index in [0.29, 0.717) is 0 Å². The van der Waals surface area contributed by atoms with Crippen molar-refractivity contribution in [3.05, 3.63) is 33.8 Å². The van der Waals surface area contributed by atoms with Crippen molar-refractivity contribution < 1.29 is 4.74 Å². The van der Waals surface area contributed by atoms with Gasteiger partial charge in [-0.3, -0.25) is 0 Å². The van der Waals surface area contributed by atoms with Crippen LogP contribution in [0.2, 0.25) is 0 Å². The molecule has 0 saturated carbocycles. The van der Waals surface area contributed by atoms with E-state index < -0.39 is 0 Å². The average Bonchev–Trinajstić information content (AvgIpc) is 2.30. The van der Waals surface area contributed by atoms with E-state index in [9.17, 15) is 0 Å². The first-order chi connectivity index (χ1) is 6.29. The summed E-state index contributed by atoms with van der Waals surface area (Å²) in [4.78, 5) is 0. The fraction of sp³-hybridized carbons (Fsp3) is 0.455. The molecule has 0 saturated heterocycles. The second-order valence-electron chi connectivity index (χ2n) is 3.42. The Morgan fingerprint density at radius 2 is 2.31 bits per heavy atom. The summed E-state index contributed by atoms with van der Waals surface area (Å²) in [7, 11) is 0. The maximum atomic E-state index is 5.66. The summed E-state index contributed by atoms with van der Waals surface area (Å²) in [6, 6.07) is 6.35. The molecule has 1 heterocycles. The quantitative estimate of drug-likeness (QED) is 0.675. The lowest BCUT2D eigenvalue weighted by Crippen LogP contribution is -1.99. The average molecular weight is 241 g/mol. The molecule has 0 aliphatic carbocycles. The smallest absolute Gasteiger partial charge is 0.0799 e. The lowest BCUT2D eigenvalue weighted by molar-refractivity contribution is 0.0699. The van der Waals surface area contributed by atoms with Gasteiger partial charge in [0.25, 0.3) is 0 Å². The van der Waals surface area contributed by atoms with E-state index in [4.69, 9.17) is 4.74 Å². The van der Waals surface area contributed by atoms with E-state index >= 15 is 0 Å². The number of ether oxygens (including phenoxy) is 1. The van der Waals surface area contributed by atoms with Crippen LogP contribution in [-0.4, -0.2) is 6.61 Å². The fourth-order valence-electron chi connectivity index (χ4n) is 1.82. The van der Waals surface area contributed by atoms with Crippen molar-refractivity contribution in [2.75, 3.05) is 6.61 Å². The highest BCUT2D eigenvalue weighted by Gasteiger charge is 2.16. The number of rotatable bonds is 0. The van der Waals surface area contributed by atoms with Gasteiger partial charge in [0.2, 0.25) is 0 Å². The van der Waals surface area contributed by atoms with Crippen LogP contribution in [0.5, 0.6) is 0 Å². The van der Waals surface area contributed by atoms with E-state index in [0.717, 1.165) is 19.4 Å². The Bertz CT molecular complexity index is 309. The van der Waals surface area contributed by atoms with Crippen LogP contribution in [0.3, 0.4) is 0 Å². The molecule has 1 aliphatic heterocycles. The molecule has 0 spiro atoms. The van der Waals surface area contributed by atoms with E-state index in [1.807, 2.05) is 0 Å². The Hall–Kier alpha value is -0.340. The number of benzene rings is 1. The Balaban J connectivity index is 2.47. The standard InChI is InChI=1S/C11H13BrO/c1-8-9-4-2-6-11(12)10(9)5-3-7-13-8/h2,4,6,8H,3,5,7H2,1H3. The van der Waals surface area contributed by atoms with Crippen LogP contribution >= 0.6 is 15.9 Å². The maximum Gasteiger partial charge on any atom is 0.0799 e. The lowest BCUT2D eigenvalue weighted by atomic mass is 10.0. The molecule has 1 nitrogen and oxygen atoms in total. The van der Waals surface area contributed by atoms with Crippen molar-refractivity contribution in [1.82, 2.24) is 0 Å². The zero-order valence-corrected chi connectivity index (χ0v) is 9.30. The minimum atomic E-state index is 0.245. The molecule has 2 heteroatoms. The second-order valence-corrected chi connectivity index (χ2v) is 4.28. The first-order valence-corrected chi connectivity index (χ1v) is 5.47. The zero-order valence-electron chi connectivity index (χ0n) is 7.72. The number of hydrogen-bond donors (Lipinski definition) is 0.